The van der Waals surface area contributed by atoms with Crippen LogP contribution >= 0.6 is 0 Å². The fourth-order valence-corrected chi connectivity index (χ4v) is 4.44. The van der Waals surface area contributed by atoms with Crippen molar-refractivity contribution in [3.05, 3.63) is 82.7 Å². The van der Waals surface area contributed by atoms with Crippen LogP contribution in [0.5, 0.6) is 5.75 Å². The van der Waals surface area contributed by atoms with Crippen molar-refractivity contribution in [3.8, 4) is 11.4 Å². The molecule has 1 aromatic heterocycles. The van der Waals surface area contributed by atoms with E-state index in [0.717, 1.165) is 47.5 Å². The number of amidine groups is 1. The number of imidazole rings is 1. The summed E-state index contributed by atoms with van der Waals surface area (Å²) in [6.45, 7) is 4.17. The van der Waals surface area contributed by atoms with Crippen LogP contribution < -0.4 is 4.74 Å². The van der Waals surface area contributed by atoms with E-state index < -0.39 is 23.2 Å². The van der Waals surface area contributed by atoms with Gasteiger partial charge in [-0.1, -0.05) is 11.2 Å². The molecular formula is C25H23F3N4O2. The Morgan fingerprint density at radius 3 is 2.59 bits per heavy atom. The summed E-state index contributed by atoms with van der Waals surface area (Å²) in [7, 11) is 1.61. The molecule has 34 heavy (non-hydrogen) atoms. The molecule has 176 valence electrons. The zero-order valence-electron chi connectivity index (χ0n) is 19.0. The molecule has 1 saturated heterocycles. The molecular weight excluding hydrogens is 445 g/mol. The van der Waals surface area contributed by atoms with E-state index in [0.29, 0.717) is 18.1 Å². The number of nitrogens with zero attached hydrogens (tertiary/aromatic N) is 4. The first-order chi connectivity index (χ1) is 16.3. The van der Waals surface area contributed by atoms with E-state index >= 15 is 0 Å². The van der Waals surface area contributed by atoms with Crippen LogP contribution in [0, 0.1) is 24.4 Å². The Morgan fingerprint density at radius 1 is 1.15 bits per heavy atom. The summed E-state index contributed by atoms with van der Waals surface area (Å²) in [5, 5.41) is 4.25. The van der Waals surface area contributed by atoms with Crippen molar-refractivity contribution in [2.75, 3.05) is 13.7 Å². The van der Waals surface area contributed by atoms with Crippen LogP contribution in [0.2, 0.25) is 0 Å². The molecule has 1 atom stereocenters. The second kappa shape index (κ2) is 8.23. The first kappa shape index (κ1) is 22.1. The third-order valence-electron chi connectivity index (χ3n) is 6.25. The Morgan fingerprint density at radius 2 is 1.91 bits per heavy atom. The van der Waals surface area contributed by atoms with E-state index in [-0.39, 0.29) is 5.56 Å². The van der Waals surface area contributed by atoms with Gasteiger partial charge in [0, 0.05) is 25.2 Å². The summed E-state index contributed by atoms with van der Waals surface area (Å²) in [5.41, 5.74) is 2.51. The minimum absolute atomic E-state index is 0.158. The standard InChI is InChI=1S/C25H23F3N4O2/c1-15-13-31(14-29-15)21-7-6-16(10-22(21)33-3)9-17-5-4-8-32-24(17)30-34-25(32,2)18-11-19(26)23(28)20(27)12-18/h6-7,9-14H,4-5,8H2,1-3H3/b17-9+. The van der Waals surface area contributed by atoms with E-state index in [9.17, 15) is 13.2 Å². The van der Waals surface area contributed by atoms with Gasteiger partial charge in [-0.15, -0.1) is 0 Å². The van der Waals surface area contributed by atoms with Crippen LogP contribution in [0.1, 0.15) is 36.6 Å². The molecule has 2 aliphatic rings. The van der Waals surface area contributed by atoms with Crippen molar-refractivity contribution in [3.63, 3.8) is 0 Å². The van der Waals surface area contributed by atoms with Crippen molar-refractivity contribution in [1.29, 1.82) is 0 Å². The van der Waals surface area contributed by atoms with E-state index in [1.54, 1.807) is 20.4 Å². The van der Waals surface area contributed by atoms with Crippen LogP contribution in [0.4, 0.5) is 13.2 Å². The number of aromatic nitrogens is 2. The molecule has 2 aromatic carbocycles. The number of hydrogen-bond donors (Lipinski definition) is 0. The van der Waals surface area contributed by atoms with Gasteiger partial charge in [-0.25, -0.2) is 18.2 Å². The van der Waals surface area contributed by atoms with Crippen LogP contribution in [0.3, 0.4) is 0 Å². The third-order valence-corrected chi connectivity index (χ3v) is 6.25. The molecule has 5 rings (SSSR count). The Labute approximate surface area is 194 Å². The summed E-state index contributed by atoms with van der Waals surface area (Å²) in [6.07, 6.45) is 7.20. The van der Waals surface area contributed by atoms with Gasteiger partial charge < -0.3 is 19.0 Å². The Kier molecular flexibility index (Phi) is 5.34. The number of methoxy groups -OCH3 is 1. The molecule has 3 aromatic rings. The maximum Gasteiger partial charge on any atom is 0.234 e. The third kappa shape index (κ3) is 3.61. The van der Waals surface area contributed by atoms with Crippen molar-refractivity contribution in [2.24, 2.45) is 5.16 Å². The lowest BCUT2D eigenvalue weighted by atomic mass is 9.95. The molecule has 1 fully saturated rings. The topological polar surface area (TPSA) is 51.9 Å². The quantitative estimate of drug-likeness (QED) is 0.488. The Hall–Kier alpha value is -3.75. The van der Waals surface area contributed by atoms with Gasteiger partial charge >= 0.3 is 0 Å². The lowest BCUT2D eigenvalue weighted by molar-refractivity contribution is -0.0917. The summed E-state index contributed by atoms with van der Waals surface area (Å²) in [5.74, 6) is -2.75. The Balaban J connectivity index is 1.47. The van der Waals surface area contributed by atoms with Crippen molar-refractivity contribution in [2.45, 2.75) is 32.4 Å². The predicted molar refractivity (Wildman–Crippen MR) is 121 cm³/mol. The summed E-state index contributed by atoms with van der Waals surface area (Å²) in [6, 6.07) is 7.76. The fourth-order valence-electron chi connectivity index (χ4n) is 4.44. The highest BCUT2D eigenvalue weighted by atomic mass is 19.2. The lowest BCUT2D eigenvalue weighted by Crippen LogP contribution is -2.47. The maximum absolute atomic E-state index is 13.9. The molecule has 0 spiro atoms. The molecule has 1 unspecified atom stereocenters. The zero-order chi connectivity index (χ0) is 24.0. The number of benzene rings is 2. The van der Waals surface area contributed by atoms with Crippen LogP contribution in [0.15, 0.2) is 53.6 Å². The van der Waals surface area contributed by atoms with Gasteiger partial charge in [-0.2, -0.15) is 0 Å². The molecule has 0 radical (unpaired) electrons. The van der Waals surface area contributed by atoms with Gasteiger partial charge in [-0.05, 0) is 61.2 Å². The number of hydrogen-bond acceptors (Lipinski definition) is 5. The summed E-state index contributed by atoms with van der Waals surface area (Å²) < 4.78 is 48.9. The normalized spacial score (nSPS) is 20.8. The van der Waals surface area contributed by atoms with Crippen LogP contribution in [0.25, 0.3) is 11.8 Å². The second-order valence-corrected chi connectivity index (χ2v) is 8.52. The molecule has 9 heteroatoms. The molecule has 0 aliphatic carbocycles. The summed E-state index contributed by atoms with van der Waals surface area (Å²) >= 11 is 0. The van der Waals surface area contributed by atoms with Crippen molar-refractivity contribution in [1.82, 2.24) is 14.5 Å². The molecule has 0 saturated carbocycles. The largest absolute Gasteiger partial charge is 0.495 e. The number of oxime groups is 1. The zero-order valence-corrected chi connectivity index (χ0v) is 19.0. The number of ether oxygens (including phenoxy) is 1. The maximum atomic E-state index is 13.9. The molecule has 0 N–H and O–H groups in total. The van der Waals surface area contributed by atoms with Gasteiger partial charge in [0.2, 0.25) is 5.72 Å². The number of aryl methyl sites for hydroxylation is 1. The van der Waals surface area contributed by atoms with Crippen LogP contribution in [-0.4, -0.2) is 33.9 Å². The molecule has 0 amide bonds. The number of piperidine rings is 1. The average Bonchev–Trinajstić information content (AvgIpc) is 3.41. The molecule has 6 nitrogen and oxygen atoms in total. The van der Waals surface area contributed by atoms with E-state index in [1.807, 2.05) is 46.9 Å². The summed E-state index contributed by atoms with van der Waals surface area (Å²) in [4.78, 5) is 11.8. The minimum Gasteiger partial charge on any atom is -0.495 e. The lowest BCUT2D eigenvalue weighted by Gasteiger charge is -2.37. The average molecular weight is 468 g/mol. The highest BCUT2D eigenvalue weighted by Crippen LogP contribution is 2.41. The number of halogens is 3. The van der Waals surface area contributed by atoms with Crippen molar-refractivity contribution >= 4 is 11.9 Å². The highest BCUT2D eigenvalue weighted by Gasteiger charge is 2.46. The van der Waals surface area contributed by atoms with E-state index in [2.05, 4.69) is 10.1 Å². The second-order valence-electron chi connectivity index (χ2n) is 8.52. The van der Waals surface area contributed by atoms with Gasteiger partial charge in [0.05, 0.1) is 24.8 Å². The Bertz CT molecular complexity index is 1310. The SMILES string of the molecule is COc1cc(/C=C2\CCCN3C2=NOC3(C)c2cc(F)c(F)c(F)c2)ccc1-n1cnc(C)c1. The van der Waals surface area contributed by atoms with E-state index in [1.165, 1.54) is 0 Å². The monoisotopic (exact) mass is 468 g/mol. The predicted octanol–water partition coefficient (Wildman–Crippen LogP) is 5.30. The fraction of sp³-hybridized carbons (Fsp3) is 0.280. The number of rotatable bonds is 4. The van der Waals surface area contributed by atoms with Crippen LogP contribution in [-0.2, 0) is 10.6 Å². The van der Waals surface area contributed by atoms with Gasteiger partial charge in [0.25, 0.3) is 0 Å². The molecule has 3 heterocycles. The van der Waals surface area contributed by atoms with E-state index in [4.69, 9.17) is 9.57 Å². The van der Waals surface area contributed by atoms with Gasteiger partial charge in [0.15, 0.2) is 23.3 Å². The first-order valence-corrected chi connectivity index (χ1v) is 10.9. The molecule has 0 bridgehead atoms. The smallest absolute Gasteiger partial charge is 0.234 e. The molecule has 2 aliphatic heterocycles. The van der Waals surface area contributed by atoms with Crippen molar-refractivity contribution < 1.29 is 22.7 Å². The first-order valence-electron chi connectivity index (χ1n) is 10.9. The van der Waals surface area contributed by atoms with Gasteiger partial charge in [-0.3, -0.25) is 0 Å². The highest BCUT2D eigenvalue weighted by molar-refractivity contribution is 6.03. The number of fused-ring (bicyclic) bond motifs is 1. The van der Waals surface area contributed by atoms with Gasteiger partial charge in [0.1, 0.15) is 5.75 Å². The minimum atomic E-state index is -1.51.